The summed E-state index contributed by atoms with van der Waals surface area (Å²) >= 11 is 0. The predicted molar refractivity (Wildman–Crippen MR) is 65.2 cm³/mol. The highest BCUT2D eigenvalue weighted by Crippen LogP contribution is 2.10. The Morgan fingerprint density at radius 2 is 2.13 bits per heavy atom. The minimum Gasteiger partial charge on any atom is -0.360 e. The van der Waals surface area contributed by atoms with Crippen LogP contribution in [0.2, 0.25) is 0 Å². The molecule has 2 N–H and O–H groups in total. The first kappa shape index (κ1) is 12.0. The van der Waals surface area contributed by atoms with Gasteiger partial charge in [0.2, 0.25) is 0 Å². The van der Waals surface area contributed by atoms with Crippen LogP contribution >= 0.6 is 0 Å². The second kappa shape index (κ2) is 5.71. The monoisotopic (exact) mass is 207 g/mol. The quantitative estimate of drug-likeness (QED) is 0.800. The van der Waals surface area contributed by atoms with Crippen LogP contribution in [0, 0.1) is 0 Å². The Bertz CT molecular complexity index is 281. The van der Waals surface area contributed by atoms with Crippen molar-refractivity contribution in [3.8, 4) is 0 Å². The van der Waals surface area contributed by atoms with Crippen LogP contribution in [0.25, 0.3) is 0 Å². The molecule has 1 unspecified atom stereocenters. The van der Waals surface area contributed by atoms with E-state index < -0.39 is 0 Å². The Labute approximate surface area is 92.3 Å². The molecule has 3 nitrogen and oxygen atoms in total. The van der Waals surface area contributed by atoms with Gasteiger partial charge in [-0.2, -0.15) is 0 Å². The van der Waals surface area contributed by atoms with Crippen LogP contribution in [-0.4, -0.2) is 24.6 Å². The zero-order valence-corrected chi connectivity index (χ0v) is 9.90. The first-order valence-corrected chi connectivity index (χ1v) is 5.59. The molecule has 0 spiro atoms. The first-order chi connectivity index (χ1) is 7.17. The maximum absolute atomic E-state index is 5.89. The average Bonchev–Trinajstić information content (AvgIpc) is 2.29. The average molecular weight is 207 g/mol. The van der Waals surface area contributed by atoms with Crippen LogP contribution in [0.3, 0.4) is 0 Å². The summed E-state index contributed by atoms with van der Waals surface area (Å²) in [6.07, 6.45) is 3.85. The van der Waals surface area contributed by atoms with Gasteiger partial charge in [0.1, 0.15) is 5.82 Å². The lowest BCUT2D eigenvalue weighted by Crippen LogP contribution is -2.22. The summed E-state index contributed by atoms with van der Waals surface area (Å²) in [5.41, 5.74) is 7.11. The summed E-state index contributed by atoms with van der Waals surface area (Å²) in [6, 6.07) is 4.42. The second-order valence-electron chi connectivity index (χ2n) is 3.91. The van der Waals surface area contributed by atoms with E-state index in [0.29, 0.717) is 0 Å². The lowest BCUT2D eigenvalue weighted by molar-refractivity contribution is 0.645. The van der Waals surface area contributed by atoms with Gasteiger partial charge < -0.3 is 10.6 Å². The summed E-state index contributed by atoms with van der Waals surface area (Å²) in [7, 11) is 2.04. The third-order valence-corrected chi connectivity index (χ3v) is 2.70. The number of nitrogens with zero attached hydrogens (tertiary/aromatic N) is 2. The molecule has 0 bridgehead atoms. The highest BCUT2D eigenvalue weighted by atomic mass is 15.1. The van der Waals surface area contributed by atoms with Crippen molar-refractivity contribution in [3.63, 3.8) is 0 Å². The van der Waals surface area contributed by atoms with Gasteiger partial charge in [-0.15, -0.1) is 0 Å². The van der Waals surface area contributed by atoms with Crippen LogP contribution in [0.4, 0.5) is 5.82 Å². The van der Waals surface area contributed by atoms with Gasteiger partial charge >= 0.3 is 0 Å². The first-order valence-electron chi connectivity index (χ1n) is 5.59. The van der Waals surface area contributed by atoms with Crippen molar-refractivity contribution in [3.05, 3.63) is 23.9 Å². The normalized spacial score (nSPS) is 12.5. The molecule has 1 atom stereocenters. The summed E-state index contributed by atoms with van der Waals surface area (Å²) in [5, 5.41) is 0. The molecule has 84 valence electrons. The minimum absolute atomic E-state index is 0.251. The molecule has 0 saturated carbocycles. The summed E-state index contributed by atoms with van der Waals surface area (Å²) in [6.45, 7) is 5.20. The number of hydrogen-bond acceptors (Lipinski definition) is 3. The highest BCUT2D eigenvalue weighted by molar-refractivity contribution is 5.38. The number of pyridine rings is 1. The van der Waals surface area contributed by atoms with Crippen LogP contribution < -0.4 is 10.6 Å². The molecule has 15 heavy (non-hydrogen) atoms. The highest BCUT2D eigenvalue weighted by Gasteiger charge is 2.03. The Kier molecular flexibility index (Phi) is 4.56. The molecule has 0 aliphatic heterocycles. The number of anilines is 1. The summed E-state index contributed by atoms with van der Waals surface area (Å²) < 4.78 is 0. The molecule has 3 heteroatoms. The Morgan fingerprint density at radius 1 is 1.40 bits per heavy atom. The van der Waals surface area contributed by atoms with E-state index in [0.717, 1.165) is 25.2 Å². The van der Waals surface area contributed by atoms with E-state index in [1.54, 1.807) is 0 Å². The number of aromatic nitrogens is 1. The standard InChI is InChI=1S/C12H21N3/c1-4-11(13)8-10-6-7-12(14-9-10)15(3)5-2/h6-7,9,11H,4-5,8,13H2,1-3H3. The van der Waals surface area contributed by atoms with Crippen molar-refractivity contribution >= 4 is 5.82 Å². The van der Waals surface area contributed by atoms with Crippen molar-refractivity contribution in [2.45, 2.75) is 32.7 Å². The topological polar surface area (TPSA) is 42.1 Å². The van der Waals surface area contributed by atoms with Gasteiger partial charge in [-0.3, -0.25) is 0 Å². The molecular formula is C12H21N3. The molecule has 0 aliphatic rings. The molecule has 0 aromatic carbocycles. The molecule has 1 aromatic rings. The largest absolute Gasteiger partial charge is 0.360 e. The van der Waals surface area contributed by atoms with Crippen LogP contribution in [0.5, 0.6) is 0 Å². The number of rotatable bonds is 5. The maximum Gasteiger partial charge on any atom is 0.128 e. The molecule has 0 amide bonds. The van der Waals surface area contributed by atoms with E-state index in [9.17, 15) is 0 Å². The van der Waals surface area contributed by atoms with Crippen LogP contribution in [0.1, 0.15) is 25.8 Å². The third kappa shape index (κ3) is 3.51. The molecular weight excluding hydrogens is 186 g/mol. The molecule has 0 radical (unpaired) electrons. The molecule has 0 aliphatic carbocycles. The van der Waals surface area contributed by atoms with Gasteiger partial charge in [0, 0.05) is 25.8 Å². The van der Waals surface area contributed by atoms with Gasteiger partial charge in [0.25, 0.3) is 0 Å². The molecule has 1 heterocycles. The minimum atomic E-state index is 0.251. The van der Waals surface area contributed by atoms with Crippen molar-refractivity contribution in [1.29, 1.82) is 0 Å². The Morgan fingerprint density at radius 3 is 2.60 bits per heavy atom. The van der Waals surface area contributed by atoms with Crippen LogP contribution in [0.15, 0.2) is 18.3 Å². The maximum atomic E-state index is 5.89. The van der Waals surface area contributed by atoms with E-state index in [1.165, 1.54) is 5.56 Å². The fourth-order valence-corrected chi connectivity index (χ4v) is 1.37. The van der Waals surface area contributed by atoms with Gasteiger partial charge in [-0.1, -0.05) is 13.0 Å². The van der Waals surface area contributed by atoms with E-state index in [1.807, 2.05) is 13.2 Å². The Balaban J connectivity index is 2.64. The molecule has 0 saturated heterocycles. The smallest absolute Gasteiger partial charge is 0.128 e. The van der Waals surface area contributed by atoms with Gasteiger partial charge in [0.15, 0.2) is 0 Å². The van der Waals surface area contributed by atoms with Gasteiger partial charge in [-0.05, 0) is 31.4 Å². The van der Waals surface area contributed by atoms with E-state index in [4.69, 9.17) is 5.73 Å². The predicted octanol–water partition coefficient (Wildman–Crippen LogP) is 1.82. The van der Waals surface area contributed by atoms with E-state index >= 15 is 0 Å². The van der Waals surface area contributed by atoms with Crippen molar-refractivity contribution in [2.75, 3.05) is 18.5 Å². The fourth-order valence-electron chi connectivity index (χ4n) is 1.37. The fraction of sp³-hybridized carbons (Fsp3) is 0.583. The van der Waals surface area contributed by atoms with Crippen molar-refractivity contribution in [1.82, 2.24) is 4.98 Å². The van der Waals surface area contributed by atoms with Crippen molar-refractivity contribution < 1.29 is 0 Å². The van der Waals surface area contributed by atoms with Crippen molar-refractivity contribution in [2.24, 2.45) is 5.73 Å². The van der Waals surface area contributed by atoms with Crippen LogP contribution in [-0.2, 0) is 6.42 Å². The number of hydrogen-bond donors (Lipinski definition) is 1. The molecule has 0 fully saturated rings. The summed E-state index contributed by atoms with van der Waals surface area (Å²) in [5.74, 6) is 1.02. The molecule has 1 rings (SSSR count). The summed E-state index contributed by atoms with van der Waals surface area (Å²) in [4.78, 5) is 6.52. The van der Waals surface area contributed by atoms with Gasteiger partial charge in [-0.25, -0.2) is 4.98 Å². The zero-order chi connectivity index (χ0) is 11.3. The van der Waals surface area contributed by atoms with E-state index in [-0.39, 0.29) is 6.04 Å². The zero-order valence-electron chi connectivity index (χ0n) is 9.90. The lowest BCUT2D eigenvalue weighted by atomic mass is 10.1. The second-order valence-corrected chi connectivity index (χ2v) is 3.91. The Hall–Kier alpha value is -1.09. The van der Waals surface area contributed by atoms with Gasteiger partial charge in [0.05, 0.1) is 0 Å². The molecule has 1 aromatic heterocycles. The third-order valence-electron chi connectivity index (χ3n) is 2.70. The number of nitrogens with two attached hydrogens (primary N) is 1. The lowest BCUT2D eigenvalue weighted by Gasteiger charge is -2.16. The van der Waals surface area contributed by atoms with E-state index in [2.05, 4.69) is 35.9 Å². The SMILES string of the molecule is CCC(N)Cc1ccc(N(C)CC)nc1.